The Balaban J connectivity index is 1.81. The Kier molecular flexibility index (Phi) is 4.98. The first-order chi connectivity index (χ1) is 8.65. The van der Waals surface area contributed by atoms with Crippen molar-refractivity contribution in [1.82, 2.24) is 10.2 Å². The first-order valence-electron chi connectivity index (χ1n) is 6.80. The molecule has 18 heavy (non-hydrogen) atoms. The first kappa shape index (κ1) is 13.8. The zero-order valence-electron chi connectivity index (χ0n) is 11.5. The fraction of sp³-hybridized carbons (Fsp3) is 0.600. The summed E-state index contributed by atoms with van der Waals surface area (Å²) in [7, 11) is 0. The summed E-state index contributed by atoms with van der Waals surface area (Å²) in [4.78, 5) is 2.58. The van der Waals surface area contributed by atoms with Gasteiger partial charge in [-0.2, -0.15) is 11.3 Å². The molecule has 1 heterocycles. The van der Waals surface area contributed by atoms with Crippen LogP contribution in [0.5, 0.6) is 0 Å². The maximum absolute atomic E-state index is 4.20. The van der Waals surface area contributed by atoms with E-state index in [2.05, 4.69) is 47.5 Å². The zero-order chi connectivity index (χ0) is 13.0. The van der Waals surface area contributed by atoms with Crippen molar-refractivity contribution < 1.29 is 0 Å². The van der Waals surface area contributed by atoms with Crippen molar-refractivity contribution >= 4 is 11.3 Å². The number of hydrogen-bond donors (Lipinski definition) is 1. The molecule has 1 aliphatic carbocycles. The van der Waals surface area contributed by atoms with Gasteiger partial charge in [0.2, 0.25) is 0 Å². The molecule has 0 unspecified atom stereocenters. The third-order valence-electron chi connectivity index (χ3n) is 3.22. The molecule has 1 aromatic rings. The lowest BCUT2D eigenvalue weighted by molar-refractivity contribution is 0.275. The minimum absolute atomic E-state index is 0.535. The average molecular weight is 264 g/mol. The van der Waals surface area contributed by atoms with Crippen LogP contribution in [0.15, 0.2) is 29.0 Å². The van der Waals surface area contributed by atoms with E-state index in [1.54, 1.807) is 11.3 Å². The molecule has 0 aromatic carbocycles. The van der Waals surface area contributed by atoms with Crippen LogP contribution in [0.2, 0.25) is 0 Å². The van der Waals surface area contributed by atoms with Gasteiger partial charge in [-0.15, -0.1) is 0 Å². The minimum atomic E-state index is 0.535. The van der Waals surface area contributed by atoms with E-state index in [1.807, 2.05) is 0 Å². The smallest absolute Gasteiger partial charge is 0.0248 e. The quantitative estimate of drug-likeness (QED) is 0.725. The molecule has 0 aliphatic heterocycles. The van der Waals surface area contributed by atoms with Crippen LogP contribution in [0.3, 0.4) is 0 Å². The maximum atomic E-state index is 4.20. The topological polar surface area (TPSA) is 15.3 Å². The molecule has 1 fully saturated rings. The SMILES string of the molecule is C=C(CNC(C)C)CN(Cc1ccsc1)C1CC1. The van der Waals surface area contributed by atoms with E-state index in [-0.39, 0.29) is 0 Å². The summed E-state index contributed by atoms with van der Waals surface area (Å²) in [6.07, 6.45) is 2.71. The molecule has 1 saturated carbocycles. The van der Waals surface area contributed by atoms with E-state index in [1.165, 1.54) is 24.0 Å². The van der Waals surface area contributed by atoms with Crippen LogP contribution in [0.1, 0.15) is 32.3 Å². The van der Waals surface area contributed by atoms with E-state index in [0.717, 1.165) is 25.7 Å². The summed E-state index contributed by atoms with van der Waals surface area (Å²) in [6, 6.07) is 3.56. The van der Waals surface area contributed by atoms with E-state index < -0.39 is 0 Å². The molecule has 0 saturated heterocycles. The van der Waals surface area contributed by atoms with Crippen molar-refractivity contribution in [3.63, 3.8) is 0 Å². The molecule has 0 spiro atoms. The normalized spacial score (nSPS) is 15.6. The second kappa shape index (κ2) is 6.50. The summed E-state index contributed by atoms with van der Waals surface area (Å²) in [6.45, 7) is 11.6. The lowest BCUT2D eigenvalue weighted by atomic mass is 10.2. The Labute approximate surface area is 115 Å². The summed E-state index contributed by atoms with van der Waals surface area (Å²) < 4.78 is 0. The molecule has 2 rings (SSSR count). The van der Waals surface area contributed by atoms with Gasteiger partial charge in [0.05, 0.1) is 0 Å². The van der Waals surface area contributed by atoms with Crippen LogP contribution in [-0.2, 0) is 6.54 Å². The fourth-order valence-electron chi connectivity index (χ4n) is 2.06. The van der Waals surface area contributed by atoms with Crippen LogP contribution in [0.25, 0.3) is 0 Å². The van der Waals surface area contributed by atoms with Gasteiger partial charge in [-0.3, -0.25) is 4.90 Å². The van der Waals surface area contributed by atoms with Crippen LogP contribution < -0.4 is 5.32 Å². The second-order valence-electron chi connectivity index (χ2n) is 5.55. The summed E-state index contributed by atoms with van der Waals surface area (Å²) in [5.74, 6) is 0. The molecule has 2 nitrogen and oxygen atoms in total. The van der Waals surface area contributed by atoms with Crippen LogP contribution in [-0.4, -0.2) is 30.1 Å². The van der Waals surface area contributed by atoms with Gasteiger partial charge in [0.25, 0.3) is 0 Å². The minimum Gasteiger partial charge on any atom is -0.311 e. The second-order valence-corrected chi connectivity index (χ2v) is 6.33. The van der Waals surface area contributed by atoms with Gasteiger partial charge in [0.15, 0.2) is 0 Å². The van der Waals surface area contributed by atoms with Gasteiger partial charge < -0.3 is 5.32 Å². The Hall–Kier alpha value is -0.640. The predicted molar refractivity (Wildman–Crippen MR) is 80.0 cm³/mol. The highest BCUT2D eigenvalue weighted by Gasteiger charge is 2.29. The molecule has 0 amide bonds. The molecule has 0 bridgehead atoms. The van der Waals surface area contributed by atoms with Gasteiger partial charge >= 0.3 is 0 Å². The lowest BCUT2D eigenvalue weighted by Crippen LogP contribution is -2.32. The predicted octanol–water partition coefficient (Wildman–Crippen LogP) is 3.27. The average Bonchev–Trinajstić information content (AvgIpc) is 3.05. The Morgan fingerprint density at radius 2 is 2.33 bits per heavy atom. The van der Waals surface area contributed by atoms with E-state index >= 15 is 0 Å². The monoisotopic (exact) mass is 264 g/mol. The van der Waals surface area contributed by atoms with Crippen LogP contribution in [0.4, 0.5) is 0 Å². The Morgan fingerprint density at radius 3 is 2.89 bits per heavy atom. The lowest BCUT2D eigenvalue weighted by Gasteiger charge is -2.23. The van der Waals surface area contributed by atoms with Gasteiger partial charge in [-0.1, -0.05) is 20.4 Å². The molecular formula is C15H24N2S. The third kappa shape index (κ3) is 4.56. The largest absolute Gasteiger partial charge is 0.311 e. The van der Waals surface area contributed by atoms with Gasteiger partial charge in [-0.25, -0.2) is 0 Å². The van der Waals surface area contributed by atoms with Crippen LogP contribution >= 0.6 is 11.3 Å². The van der Waals surface area contributed by atoms with Crippen molar-refractivity contribution in [2.24, 2.45) is 0 Å². The summed E-state index contributed by atoms with van der Waals surface area (Å²) in [5, 5.41) is 7.86. The maximum Gasteiger partial charge on any atom is 0.0248 e. The van der Waals surface area contributed by atoms with Crippen molar-refractivity contribution in [2.75, 3.05) is 13.1 Å². The van der Waals surface area contributed by atoms with E-state index in [9.17, 15) is 0 Å². The van der Waals surface area contributed by atoms with Crippen molar-refractivity contribution in [3.8, 4) is 0 Å². The number of hydrogen-bond acceptors (Lipinski definition) is 3. The summed E-state index contributed by atoms with van der Waals surface area (Å²) in [5.41, 5.74) is 2.74. The Morgan fingerprint density at radius 1 is 1.56 bits per heavy atom. The molecule has 1 aliphatic rings. The van der Waals surface area contributed by atoms with Crippen molar-refractivity contribution in [2.45, 2.75) is 45.3 Å². The van der Waals surface area contributed by atoms with Gasteiger partial charge in [0.1, 0.15) is 0 Å². The molecule has 3 heteroatoms. The number of thiophene rings is 1. The number of nitrogens with zero attached hydrogens (tertiary/aromatic N) is 1. The van der Waals surface area contributed by atoms with E-state index in [0.29, 0.717) is 6.04 Å². The third-order valence-corrected chi connectivity index (χ3v) is 3.95. The highest BCUT2D eigenvalue weighted by atomic mass is 32.1. The molecule has 1 N–H and O–H groups in total. The molecule has 100 valence electrons. The molecular weight excluding hydrogens is 240 g/mol. The molecule has 1 aromatic heterocycles. The van der Waals surface area contributed by atoms with Crippen LogP contribution in [0, 0.1) is 0 Å². The molecule has 0 radical (unpaired) electrons. The number of nitrogens with one attached hydrogen (secondary N) is 1. The highest BCUT2D eigenvalue weighted by Crippen LogP contribution is 2.29. The Bertz CT molecular complexity index is 366. The van der Waals surface area contributed by atoms with Crippen molar-refractivity contribution in [3.05, 3.63) is 34.5 Å². The first-order valence-corrected chi connectivity index (χ1v) is 7.74. The van der Waals surface area contributed by atoms with Gasteiger partial charge in [0, 0.05) is 31.7 Å². The van der Waals surface area contributed by atoms with Crippen molar-refractivity contribution in [1.29, 1.82) is 0 Å². The summed E-state index contributed by atoms with van der Waals surface area (Å²) >= 11 is 1.79. The zero-order valence-corrected chi connectivity index (χ0v) is 12.3. The standard InChI is InChI=1S/C15H24N2S/c1-12(2)16-8-13(3)9-17(15-4-5-15)10-14-6-7-18-11-14/h6-7,11-12,15-16H,3-5,8-10H2,1-2H3. The highest BCUT2D eigenvalue weighted by molar-refractivity contribution is 7.07. The number of rotatable bonds is 8. The molecule has 0 atom stereocenters. The van der Waals surface area contributed by atoms with Gasteiger partial charge in [-0.05, 0) is 40.8 Å². The van der Waals surface area contributed by atoms with E-state index in [4.69, 9.17) is 0 Å². The fourth-order valence-corrected chi connectivity index (χ4v) is 2.72.